The topological polar surface area (TPSA) is 106 Å². The van der Waals surface area contributed by atoms with Gasteiger partial charge in [0, 0.05) is 32.0 Å². The number of amides is 2. The molecule has 188 valence electrons. The van der Waals surface area contributed by atoms with Crippen LogP contribution < -0.4 is 16.0 Å². The summed E-state index contributed by atoms with van der Waals surface area (Å²) < 4.78 is 59.3. The number of urea groups is 1. The number of ether oxygens (including phenoxy) is 1. The van der Waals surface area contributed by atoms with Crippen molar-refractivity contribution in [2.24, 2.45) is 7.05 Å². The minimum absolute atomic E-state index is 0.332. The SMILES string of the molecule is COCCNc1ncnc2c1c(-c1ccc(NC(=O)Nc3cc(C(F)(F)F)ccc3F)cc1)nn2C. The van der Waals surface area contributed by atoms with Gasteiger partial charge >= 0.3 is 12.2 Å². The number of methoxy groups -OCH3 is 1. The number of hydrogen-bond donors (Lipinski definition) is 3. The van der Waals surface area contributed by atoms with Crippen LogP contribution in [0.2, 0.25) is 0 Å². The number of fused-ring (bicyclic) bond motifs is 1. The molecule has 9 nitrogen and oxygen atoms in total. The van der Waals surface area contributed by atoms with Crippen LogP contribution in [0.4, 0.5) is 39.5 Å². The van der Waals surface area contributed by atoms with Crippen molar-refractivity contribution < 1.29 is 27.1 Å². The molecule has 4 aromatic rings. The summed E-state index contributed by atoms with van der Waals surface area (Å²) in [6, 6.07) is 7.45. The highest BCUT2D eigenvalue weighted by atomic mass is 19.4. The number of rotatable bonds is 7. The molecular weight excluding hydrogens is 482 g/mol. The molecule has 4 rings (SSSR count). The number of hydrogen-bond acceptors (Lipinski definition) is 6. The lowest BCUT2D eigenvalue weighted by Crippen LogP contribution is -2.20. The molecule has 3 N–H and O–H groups in total. The maximum Gasteiger partial charge on any atom is 0.416 e. The first-order valence-electron chi connectivity index (χ1n) is 10.6. The van der Waals surface area contributed by atoms with E-state index in [1.807, 2.05) is 0 Å². The van der Waals surface area contributed by atoms with E-state index in [0.717, 1.165) is 0 Å². The molecule has 0 aliphatic carbocycles. The van der Waals surface area contributed by atoms with E-state index in [1.165, 1.54) is 6.33 Å². The highest BCUT2D eigenvalue weighted by Crippen LogP contribution is 2.33. The zero-order valence-corrected chi connectivity index (χ0v) is 19.2. The Hall–Kier alpha value is -4.26. The van der Waals surface area contributed by atoms with E-state index in [2.05, 4.69) is 31.0 Å². The number of anilines is 3. The molecule has 0 saturated heterocycles. The first-order valence-corrected chi connectivity index (χ1v) is 10.6. The van der Waals surface area contributed by atoms with Crippen LogP contribution >= 0.6 is 0 Å². The van der Waals surface area contributed by atoms with Crippen molar-refractivity contribution in [1.29, 1.82) is 0 Å². The van der Waals surface area contributed by atoms with Gasteiger partial charge in [-0.25, -0.2) is 23.8 Å². The van der Waals surface area contributed by atoms with E-state index in [1.54, 1.807) is 43.1 Å². The van der Waals surface area contributed by atoms with Crippen LogP contribution in [-0.2, 0) is 18.0 Å². The van der Waals surface area contributed by atoms with Gasteiger partial charge in [0.25, 0.3) is 0 Å². The number of nitrogens with one attached hydrogen (secondary N) is 3. The average Bonchev–Trinajstić information content (AvgIpc) is 3.18. The van der Waals surface area contributed by atoms with Gasteiger partial charge < -0.3 is 20.7 Å². The second kappa shape index (κ2) is 10.2. The van der Waals surface area contributed by atoms with Gasteiger partial charge in [0.05, 0.1) is 23.2 Å². The third kappa shape index (κ3) is 5.35. The zero-order valence-electron chi connectivity index (χ0n) is 19.2. The van der Waals surface area contributed by atoms with Gasteiger partial charge in [-0.3, -0.25) is 0 Å². The van der Waals surface area contributed by atoms with E-state index in [0.29, 0.717) is 65.1 Å². The maximum absolute atomic E-state index is 13.9. The minimum Gasteiger partial charge on any atom is -0.383 e. The molecule has 13 heteroatoms. The lowest BCUT2D eigenvalue weighted by molar-refractivity contribution is -0.137. The summed E-state index contributed by atoms with van der Waals surface area (Å²) in [5, 5.41) is 13.0. The van der Waals surface area contributed by atoms with Crippen molar-refractivity contribution in [3.63, 3.8) is 0 Å². The van der Waals surface area contributed by atoms with Crippen LogP contribution in [0.25, 0.3) is 22.3 Å². The van der Waals surface area contributed by atoms with Crippen LogP contribution in [-0.4, -0.2) is 46.0 Å². The Kier molecular flexibility index (Phi) is 7.01. The number of aromatic nitrogens is 4. The summed E-state index contributed by atoms with van der Waals surface area (Å²) in [4.78, 5) is 20.9. The average molecular weight is 503 g/mol. The fourth-order valence-electron chi connectivity index (χ4n) is 3.49. The Bertz CT molecular complexity index is 1390. The van der Waals surface area contributed by atoms with Gasteiger partial charge in [-0.1, -0.05) is 12.1 Å². The fraction of sp³-hybridized carbons (Fsp3) is 0.217. The molecule has 0 bridgehead atoms. The molecule has 0 aliphatic heterocycles. The summed E-state index contributed by atoms with van der Waals surface area (Å²) in [7, 11) is 3.35. The lowest BCUT2D eigenvalue weighted by atomic mass is 10.1. The first kappa shape index (κ1) is 24.9. The standard InChI is InChI=1S/C23H21F4N7O2/c1-34-21-18(20(29-12-30-21)28-9-10-36-2)19(33-34)13-3-6-15(7-4-13)31-22(35)32-17-11-14(23(25,26)27)5-8-16(17)24/h3-8,11-12H,9-10H2,1-2H3,(H,28,29,30)(H2,31,32,35). The molecule has 0 radical (unpaired) electrons. The summed E-state index contributed by atoms with van der Waals surface area (Å²) in [5.74, 6) is -0.405. The Balaban J connectivity index is 1.53. The molecule has 0 fully saturated rings. The van der Waals surface area contributed by atoms with Crippen LogP contribution in [0.5, 0.6) is 0 Å². The molecule has 0 saturated carbocycles. The smallest absolute Gasteiger partial charge is 0.383 e. The van der Waals surface area contributed by atoms with E-state index in [4.69, 9.17) is 4.74 Å². The molecule has 2 aromatic heterocycles. The molecule has 0 aliphatic rings. The first-order chi connectivity index (χ1) is 17.2. The number of aryl methyl sites for hydroxylation is 1. The van der Waals surface area contributed by atoms with Crippen LogP contribution in [0.3, 0.4) is 0 Å². The quantitative estimate of drug-likeness (QED) is 0.245. The number of benzene rings is 2. The maximum atomic E-state index is 13.9. The second-order valence-electron chi connectivity index (χ2n) is 7.66. The molecular formula is C23H21F4N7O2. The predicted molar refractivity (Wildman–Crippen MR) is 126 cm³/mol. The van der Waals surface area contributed by atoms with Gasteiger partial charge in [-0.2, -0.15) is 18.3 Å². The number of carbonyl (C=O) groups is 1. The molecule has 0 spiro atoms. The normalized spacial score (nSPS) is 11.5. The summed E-state index contributed by atoms with van der Waals surface area (Å²) in [6.45, 7) is 1.01. The summed E-state index contributed by atoms with van der Waals surface area (Å²) in [6.07, 6.45) is -3.24. The fourth-order valence-corrected chi connectivity index (χ4v) is 3.49. The van der Waals surface area contributed by atoms with Crippen molar-refractivity contribution in [2.45, 2.75) is 6.18 Å². The van der Waals surface area contributed by atoms with E-state index < -0.39 is 29.3 Å². The summed E-state index contributed by atoms with van der Waals surface area (Å²) >= 11 is 0. The third-order valence-electron chi connectivity index (χ3n) is 5.18. The Morgan fingerprint density at radius 2 is 1.83 bits per heavy atom. The highest BCUT2D eigenvalue weighted by molar-refractivity contribution is 6.01. The van der Waals surface area contributed by atoms with Crippen molar-refractivity contribution in [3.8, 4) is 11.3 Å². The van der Waals surface area contributed by atoms with Crippen LogP contribution in [0.1, 0.15) is 5.56 Å². The molecule has 2 heterocycles. The largest absolute Gasteiger partial charge is 0.416 e. The van der Waals surface area contributed by atoms with Crippen molar-refractivity contribution >= 4 is 34.3 Å². The van der Waals surface area contributed by atoms with Gasteiger partial charge in [0.2, 0.25) is 0 Å². The Morgan fingerprint density at radius 3 is 2.53 bits per heavy atom. The summed E-state index contributed by atoms with van der Waals surface area (Å²) in [5.41, 5.74) is 0.594. The second-order valence-corrected chi connectivity index (χ2v) is 7.66. The predicted octanol–water partition coefficient (Wildman–Crippen LogP) is 4.89. The number of alkyl halides is 3. The van der Waals surface area contributed by atoms with Gasteiger partial charge in [0.15, 0.2) is 5.65 Å². The van der Waals surface area contributed by atoms with E-state index >= 15 is 0 Å². The minimum atomic E-state index is -4.67. The molecule has 0 unspecified atom stereocenters. The molecule has 0 atom stereocenters. The van der Waals surface area contributed by atoms with Crippen molar-refractivity contribution in [3.05, 3.63) is 60.2 Å². The van der Waals surface area contributed by atoms with E-state index in [9.17, 15) is 22.4 Å². The number of nitrogens with zero attached hydrogens (tertiary/aromatic N) is 4. The van der Waals surface area contributed by atoms with E-state index in [-0.39, 0.29) is 0 Å². The molecule has 2 amide bonds. The lowest BCUT2D eigenvalue weighted by Gasteiger charge is -2.12. The number of carbonyl (C=O) groups excluding carboxylic acids is 1. The Labute approximate surface area is 202 Å². The van der Waals surface area contributed by atoms with Crippen LogP contribution in [0.15, 0.2) is 48.8 Å². The van der Waals surface area contributed by atoms with Gasteiger partial charge in [0.1, 0.15) is 23.7 Å². The third-order valence-corrected chi connectivity index (χ3v) is 5.18. The highest BCUT2D eigenvalue weighted by Gasteiger charge is 2.31. The number of halogens is 4. The zero-order chi connectivity index (χ0) is 25.9. The van der Waals surface area contributed by atoms with Gasteiger partial charge in [-0.15, -0.1) is 0 Å². The van der Waals surface area contributed by atoms with Gasteiger partial charge in [-0.05, 0) is 30.3 Å². The van der Waals surface area contributed by atoms with Crippen LogP contribution in [0, 0.1) is 5.82 Å². The monoisotopic (exact) mass is 503 g/mol. The Morgan fingerprint density at radius 1 is 1.08 bits per heavy atom. The van der Waals surface area contributed by atoms with Crippen molar-refractivity contribution in [2.75, 3.05) is 36.2 Å². The molecule has 2 aromatic carbocycles. The molecule has 36 heavy (non-hydrogen) atoms. The van der Waals surface area contributed by atoms with Crippen molar-refractivity contribution in [1.82, 2.24) is 19.7 Å².